The van der Waals surface area contributed by atoms with Crippen molar-refractivity contribution in [3.63, 3.8) is 0 Å². The predicted molar refractivity (Wildman–Crippen MR) is 96.9 cm³/mol. The fourth-order valence-corrected chi connectivity index (χ4v) is 2.92. The topological polar surface area (TPSA) is 60.0 Å². The third-order valence-electron chi connectivity index (χ3n) is 4.10. The van der Waals surface area contributed by atoms with E-state index in [1.807, 2.05) is 56.1 Å². The average Bonchev–Trinajstić information content (AvgIpc) is 3.16. The van der Waals surface area contributed by atoms with E-state index in [2.05, 4.69) is 21.1 Å². The summed E-state index contributed by atoms with van der Waals surface area (Å²) in [7, 11) is 1.97. The normalized spacial score (nSPS) is 11.2. The van der Waals surface area contributed by atoms with Crippen molar-refractivity contribution in [2.24, 2.45) is 0 Å². The van der Waals surface area contributed by atoms with Crippen molar-refractivity contribution >= 4 is 16.8 Å². The molecule has 0 saturated carbocycles. The molecular formula is C19H19N5O. The highest BCUT2D eigenvalue weighted by molar-refractivity contribution is 5.77. The van der Waals surface area contributed by atoms with Gasteiger partial charge in [0, 0.05) is 18.1 Å². The van der Waals surface area contributed by atoms with Gasteiger partial charge in [0.15, 0.2) is 5.82 Å². The number of anilines is 1. The van der Waals surface area contributed by atoms with Crippen LogP contribution in [-0.2, 0) is 6.54 Å². The Hall–Kier alpha value is -3.15. The predicted octanol–water partition coefficient (Wildman–Crippen LogP) is 3.66. The van der Waals surface area contributed by atoms with E-state index in [1.54, 1.807) is 17.1 Å². The second-order valence-corrected chi connectivity index (χ2v) is 6.18. The van der Waals surface area contributed by atoms with Crippen LogP contribution in [0, 0.1) is 13.8 Å². The van der Waals surface area contributed by atoms with Gasteiger partial charge in [-0.05, 0) is 32.0 Å². The molecular weight excluding hydrogens is 314 g/mol. The van der Waals surface area contributed by atoms with Crippen molar-refractivity contribution in [3.05, 3.63) is 65.9 Å². The molecule has 0 aliphatic heterocycles. The van der Waals surface area contributed by atoms with Gasteiger partial charge in [-0.3, -0.25) is 4.98 Å². The van der Waals surface area contributed by atoms with Crippen molar-refractivity contribution in [2.75, 3.05) is 11.9 Å². The van der Waals surface area contributed by atoms with E-state index < -0.39 is 0 Å². The molecule has 4 aromatic rings. The molecule has 3 aromatic heterocycles. The van der Waals surface area contributed by atoms with E-state index >= 15 is 0 Å². The van der Waals surface area contributed by atoms with Crippen LogP contribution in [0.25, 0.3) is 16.8 Å². The Morgan fingerprint density at radius 2 is 1.96 bits per heavy atom. The van der Waals surface area contributed by atoms with Crippen LogP contribution in [0.4, 0.5) is 5.82 Å². The quantitative estimate of drug-likeness (QED) is 0.570. The number of para-hydroxylation sites is 1. The van der Waals surface area contributed by atoms with Crippen LogP contribution in [0.3, 0.4) is 0 Å². The lowest BCUT2D eigenvalue weighted by atomic mass is 10.2. The third kappa shape index (κ3) is 2.98. The summed E-state index contributed by atoms with van der Waals surface area (Å²) in [6.07, 6.45) is 3.47. The molecule has 0 N–H and O–H groups in total. The fraction of sp³-hybridized carbons (Fsp3) is 0.211. The van der Waals surface area contributed by atoms with Gasteiger partial charge in [0.25, 0.3) is 0 Å². The molecule has 0 radical (unpaired) electrons. The Bertz CT molecular complexity index is 1000. The second kappa shape index (κ2) is 6.05. The van der Waals surface area contributed by atoms with Gasteiger partial charge in [-0.15, -0.1) is 0 Å². The minimum absolute atomic E-state index is 0.615. The molecule has 25 heavy (non-hydrogen) atoms. The minimum atomic E-state index is 0.615. The lowest BCUT2D eigenvalue weighted by Gasteiger charge is -2.17. The standard InChI is InChI=1S/C19H19N5O/c1-13-8-14(2)24(22-13)19-11-20-10-18(21-19)23(3)12-16-9-15-6-4-5-7-17(15)25-16/h4-11H,12H2,1-3H3. The molecule has 0 saturated heterocycles. The lowest BCUT2D eigenvalue weighted by Crippen LogP contribution is -2.18. The third-order valence-corrected chi connectivity index (χ3v) is 4.10. The number of furan rings is 1. The van der Waals surface area contributed by atoms with E-state index in [0.717, 1.165) is 33.9 Å². The zero-order valence-electron chi connectivity index (χ0n) is 14.5. The molecule has 3 heterocycles. The van der Waals surface area contributed by atoms with Gasteiger partial charge in [-0.2, -0.15) is 5.10 Å². The Labute approximate surface area is 145 Å². The molecule has 0 aliphatic carbocycles. The van der Waals surface area contributed by atoms with Crippen molar-refractivity contribution in [3.8, 4) is 5.82 Å². The highest BCUT2D eigenvalue weighted by Crippen LogP contribution is 2.21. The number of hydrogen-bond acceptors (Lipinski definition) is 5. The highest BCUT2D eigenvalue weighted by atomic mass is 16.3. The molecule has 6 heteroatoms. The van der Waals surface area contributed by atoms with Crippen LogP contribution in [-0.4, -0.2) is 26.8 Å². The van der Waals surface area contributed by atoms with E-state index in [4.69, 9.17) is 4.42 Å². The van der Waals surface area contributed by atoms with Gasteiger partial charge in [0.2, 0.25) is 0 Å². The van der Waals surface area contributed by atoms with Crippen LogP contribution in [0.5, 0.6) is 0 Å². The Morgan fingerprint density at radius 3 is 2.72 bits per heavy atom. The lowest BCUT2D eigenvalue weighted by molar-refractivity contribution is 0.545. The Morgan fingerprint density at radius 1 is 1.12 bits per heavy atom. The number of aryl methyl sites for hydroxylation is 2. The van der Waals surface area contributed by atoms with Crippen LogP contribution in [0.1, 0.15) is 17.1 Å². The maximum Gasteiger partial charge on any atom is 0.174 e. The van der Waals surface area contributed by atoms with Crippen molar-refractivity contribution in [1.82, 2.24) is 19.7 Å². The number of hydrogen-bond donors (Lipinski definition) is 0. The summed E-state index contributed by atoms with van der Waals surface area (Å²) in [5.74, 6) is 2.37. The SMILES string of the molecule is Cc1cc(C)n(-c2cncc(N(C)Cc3cc4ccccc4o3)n2)n1. The molecule has 0 fully saturated rings. The fourth-order valence-electron chi connectivity index (χ4n) is 2.92. The molecule has 1 aromatic carbocycles. The highest BCUT2D eigenvalue weighted by Gasteiger charge is 2.11. The van der Waals surface area contributed by atoms with Gasteiger partial charge in [0.1, 0.15) is 17.2 Å². The zero-order chi connectivity index (χ0) is 17.4. The van der Waals surface area contributed by atoms with Gasteiger partial charge >= 0.3 is 0 Å². The zero-order valence-corrected chi connectivity index (χ0v) is 14.5. The first kappa shape index (κ1) is 15.4. The van der Waals surface area contributed by atoms with Crippen LogP contribution >= 0.6 is 0 Å². The van der Waals surface area contributed by atoms with E-state index in [-0.39, 0.29) is 0 Å². The summed E-state index contributed by atoms with van der Waals surface area (Å²) in [5, 5.41) is 5.58. The summed E-state index contributed by atoms with van der Waals surface area (Å²) >= 11 is 0. The van der Waals surface area contributed by atoms with Crippen molar-refractivity contribution < 1.29 is 4.42 Å². The summed E-state index contributed by atoms with van der Waals surface area (Å²) in [5.41, 5.74) is 2.89. The smallest absolute Gasteiger partial charge is 0.174 e. The maximum atomic E-state index is 5.89. The second-order valence-electron chi connectivity index (χ2n) is 6.18. The van der Waals surface area contributed by atoms with Crippen LogP contribution < -0.4 is 4.90 Å². The number of fused-ring (bicyclic) bond motifs is 1. The van der Waals surface area contributed by atoms with Crippen molar-refractivity contribution in [1.29, 1.82) is 0 Å². The Kier molecular flexibility index (Phi) is 3.72. The van der Waals surface area contributed by atoms with E-state index in [0.29, 0.717) is 12.4 Å². The van der Waals surface area contributed by atoms with Crippen LogP contribution in [0.15, 0.2) is 53.2 Å². The summed E-state index contributed by atoms with van der Waals surface area (Å²) in [6, 6.07) is 12.1. The average molecular weight is 333 g/mol. The molecule has 0 unspecified atom stereocenters. The number of rotatable bonds is 4. The van der Waals surface area contributed by atoms with E-state index in [9.17, 15) is 0 Å². The molecule has 0 bridgehead atoms. The first-order chi connectivity index (χ1) is 12.1. The molecule has 0 aliphatic rings. The molecule has 0 amide bonds. The first-order valence-electron chi connectivity index (χ1n) is 8.14. The minimum Gasteiger partial charge on any atom is -0.459 e. The monoisotopic (exact) mass is 333 g/mol. The van der Waals surface area contributed by atoms with Crippen molar-refractivity contribution in [2.45, 2.75) is 20.4 Å². The molecule has 6 nitrogen and oxygen atoms in total. The molecule has 0 atom stereocenters. The van der Waals surface area contributed by atoms with Crippen LogP contribution in [0.2, 0.25) is 0 Å². The summed E-state index contributed by atoms with van der Waals surface area (Å²) in [6.45, 7) is 4.59. The maximum absolute atomic E-state index is 5.89. The molecule has 4 rings (SSSR count). The van der Waals surface area contributed by atoms with Gasteiger partial charge < -0.3 is 9.32 Å². The van der Waals surface area contributed by atoms with Gasteiger partial charge in [-0.25, -0.2) is 9.67 Å². The number of aromatic nitrogens is 4. The molecule has 0 spiro atoms. The van der Waals surface area contributed by atoms with E-state index in [1.165, 1.54) is 0 Å². The molecule has 126 valence electrons. The van der Waals surface area contributed by atoms with Gasteiger partial charge in [-0.1, -0.05) is 18.2 Å². The van der Waals surface area contributed by atoms with Gasteiger partial charge in [0.05, 0.1) is 24.6 Å². The number of benzene rings is 1. The summed E-state index contributed by atoms with van der Waals surface area (Å²) in [4.78, 5) is 11.0. The number of nitrogens with zero attached hydrogens (tertiary/aromatic N) is 5. The largest absolute Gasteiger partial charge is 0.459 e. The summed E-state index contributed by atoms with van der Waals surface area (Å²) < 4.78 is 7.70. The Balaban J connectivity index is 1.60. The first-order valence-corrected chi connectivity index (χ1v) is 8.14.